The van der Waals surface area contributed by atoms with E-state index in [2.05, 4.69) is 39.2 Å². The van der Waals surface area contributed by atoms with Gasteiger partial charge in [-0.15, -0.1) is 10.2 Å². The third kappa shape index (κ3) is 2.96. The van der Waals surface area contributed by atoms with Crippen LogP contribution in [0.5, 0.6) is 0 Å². The number of thioether (sulfide) groups is 1. The minimum atomic E-state index is 0.163. The second-order valence-electron chi connectivity index (χ2n) is 6.20. The van der Waals surface area contributed by atoms with Gasteiger partial charge in [0.2, 0.25) is 11.1 Å². The molecule has 6 nitrogen and oxygen atoms in total. The first kappa shape index (κ1) is 15.4. The zero-order valence-electron chi connectivity index (χ0n) is 13.6. The molecule has 1 aliphatic rings. The zero-order chi connectivity index (χ0) is 16.5. The molecule has 1 saturated heterocycles. The van der Waals surface area contributed by atoms with Crippen LogP contribution in [0.4, 0.5) is 0 Å². The number of aromatic nitrogens is 4. The van der Waals surface area contributed by atoms with Crippen LogP contribution in [-0.2, 0) is 4.79 Å². The summed E-state index contributed by atoms with van der Waals surface area (Å²) < 4.78 is 0. The average Bonchev–Trinajstić information content (AvgIpc) is 2.97. The summed E-state index contributed by atoms with van der Waals surface area (Å²) in [6.07, 6.45) is 3.43. The van der Waals surface area contributed by atoms with Gasteiger partial charge in [-0.3, -0.25) is 4.79 Å². The lowest BCUT2D eigenvalue weighted by Crippen LogP contribution is -2.36. The van der Waals surface area contributed by atoms with E-state index in [1.807, 2.05) is 11.0 Å². The van der Waals surface area contributed by atoms with Crippen molar-refractivity contribution in [1.29, 1.82) is 0 Å². The number of amides is 1. The highest BCUT2D eigenvalue weighted by Crippen LogP contribution is 2.24. The summed E-state index contributed by atoms with van der Waals surface area (Å²) in [7, 11) is 0. The summed E-state index contributed by atoms with van der Waals surface area (Å²) in [5.41, 5.74) is 3.68. The molecule has 0 radical (unpaired) electrons. The van der Waals surface area contributed by atoms with E-state index in [-0.39, 0.29) is 5.91 Å². The maximum Gasteiger partial charge on any atom is 0.233 e. The molecule has 3 aromatic rings. The first-order valence-corrected chi connectivity index (χ1v) is 9.22. The van der Waals surface area contributed by atoms with Gasteiger partial charge in [0.1, 0.15) is 5.52 Å². The molecule has 4 rings (SSSR count). The topological polar surface area (TPSA) is 74.8 Å². The van der Waals surface area contributed by atoms with Gasteiger partial charge in [0, 0.05) is 24.0 Å². The largest absolute Gasteiger partial charge is 0.342 e. The fraction of sp³-hybridized carbons (Fsp3) is 0.412. The Balaban J connectivity index is 1.52. The van der Waals surface area contributed by atoms with E-state index in [9.17, 15) is 4.79 Å². The van der Waals surface area contributed by atoms with Gasteiger partial charge in [-0.05, 0) is 38.3 Å². The minimum Gasteiger partial charge on any atom is -0.342 e. The number of hydrogen-bond acceptors (Lipinski definition) is 5. The second-order valence-corrected chi connectivity index (χ2v) is 7.14. The molecular formula is C17H19N5OS. The lowest BCUT2D eigenvalue weighted by molar-refractivity contribution is -0.129. The van der Waals surface area contributed by atoms with Crippen molar-refractivity contribution < 1.29 is 4.79 Å². The molecule has 3 heterocycles. The Morgan fingerprint density at radius 2 is 2.08 bits per heavy atom. The Morgan fingerprint density at radius 1 is 1.25 bits per heavy atom. The predicted octanol–water partition coefficient (Wildman–Crippen LogP) is 2.92. The number of fused-ring (bicyclic) bond motifs is 3. The molecule has 1 N–H and O–H groups in total. The molecule has 0 spiro atoms. The molecule has 1 amide bonds. The summed E-state index contributed by atoms with van der Waals surface area (Å²) in [5, 5.41) is 10.1. The van der Waals surface area contributed by atoms with Gasteiger partial charge in [0.15, 0.2) is 5.65 Å². The fourth-order valence-corrected chi connectivity index (χ4v) is 3.78. The molecule has 0 aliphatic carbocycles. The number of nitrogens with one attached hydrogen (secondary N) is 1. The highest BCUT2D eigenvalue weighted by atomic mass is 32.2. The number of nitrogens with zero attached hydrogens (tertiary/aromatic N) is 4. The highest BCUT2D eigenvalue weighted by molar-refractivity contribution is 7.99. The van der Waals surface area contributed by atoms with Crippen LogP contribution in [0.2, 0.25) is 0 Å². The summed E-state index contributed by atoms with van der Waals surface area (Å²) in [4.78, 5) is 22.0. The van der Waals surface area contributed by atoms with Crippen molar-refractivity contribution in [1.82, 2.24) is 25.1 Å². The molecule has 124 valence electrons. The van der Waals surface area contributed by atoms with Crippen molar-refractivity contribution >= 4 is 39.7 Å². The van der Waals surface area contributed by atoms with Crippen LogP contribution < -0.4 is 0 Å². The number of benzene rings is 1. The van der Waals surface area contributed by atoms with E-state index in [1.54, 1.807) is 0 Å². The molecule has 0 atom stereocenters. The molecule has 0 bridgehead atoms. The Kier molecular flexibility index (Phi) is 4.10. The summed E-state index contributed by atoms with van der Waals surface area (Å²) in [6.45, 7) is 3.80. The third-order valence-corrected chi connectivity index (χ3v) is 5.21. The van der Waals surface area contributed by atoms with Crippen LogP contribution in [0.15, 0.2) is 23.4 Å². The quantitative estimate of drug-likeness (QED) is 0.741. The zero-order valence-corrected chi connectivity index (χ0v) is 14.4. The van der Waals surface area contributed by atoms with Crippen LogP contribution in [-0.4, -0.2) is 49.8 Å². The SMILES string of the molecule is Cc1ccc2[nH]c3nc(SCC(=O)N4CCCCC4)nnc3c2c1. The number of H-pyrrole nitrogens is 1. The van der Waals surface area contributed by atoms with Crippen LogP contribution in [0.3, 0.4) is 0 Å². The average molecular weight is 341 g/mol. The van der Waals surface area contributed by atoms with E-state index in [0.717, 1.165) is 48.0 Å². The lowest BCUT2D eigenvalue weighted by atomic mass is 10.1. The second kappa shape index (κ2) is 6.39. The van der Waals surface area contributed by atoms with E-state index < -0.39 is 0 Å². The van der Waals surface area contributed by atoms with Gasteiger partial charge in [-0.1, -0.05) is 23.4 Å². The number of rotatable bonds is 3. The molecule has 24 heavy (non-hydrogen) atoms. The van der Waals surface area contributed by atoms with Crippen LogP contribution in [0.1, 0.15) is 24.8 Å². The standard InChI is InChI=1S/C17H19N5OS/c1-11-5-6-13-12(9-11)15-16(18-13)19-17(21-20-15)24-10-14(23)22-7-3-2-4-8-22/h5-6,9H,2-4,7-8,10H2,1H3,(H,18,19,21). The van der Waals surface area contributed by atoms with Gasteiger partial charge in [-0.2, -0.15) is 0 Å². The van der Waals surface area contributed by atoms with E-state index in [0.29, 0.717) is 10.9 Å². The Hall–Kier alpha value is -2.15. The van der Waals surface area contributed by atoms with Crippen molar-refractivity contribution in [3.63, 3.8) is 0 Å². The van der Waals surface area contributed by atoms with Crippen molar-refractivity contribution in [2.75, 3.05) is 18.8 Å². The van der Waals surface area contributed by atoms with E-state index in [4.69, 9.17) is 0 Å². The molecule has 1 aliphatic heterocycles. The maximum absolute atomic E-state index is 12.2. The normalized spacial score (nSPS) is 15.3. The number of hydrogen-bond donors (Lipinski definition) is 1. The Labute approximate surface area is 144 Å². The van der Waals surface area contributed by atoms with Crippen LogP contribution in [0.25, 0.3) is 22.1 Å². The van der Waals surface area contributed by atoms with Crippen molar-refractivity contribution in [3.05, 3.63) is 23.8 Å². The Morgan fingerprint density at radius 3 is 2.92 bits per heavy atom. The third-order valence-electron chi connectivity index (χ3n) is 4.38. The first-order valence-electron chi connectivity index (χ1n) is 8.24. The number of piperidine rings is 1. The Bertz CT molecular complexity index is 901. The fourth-order valence-electron chi connectivity index (χ4n) is 3.09. The molecule has 7 heteroatoms. The molecule has 1 fully saturated rings. The first-order chi connectivity index (χ1) is 11.7. The highest BCUT2D eigenvalue weighted by Gasteiger charge is 2.17. The molecule has 0 saturated carbocycles. The van der Waals surface area contributed by atoms with E-state index in [1.165, 1.54) is 23.7 Å². The lowest BCUT2D eigenvalue weighted by Gasteiger charge is -2.26. The minimum absolute atomic E-state index is 0.163. The molecule has 0 unspecified atom stereocenters. The number of carbonyl (C=O) groups is 1. The van der Waals surface area contributed by atoms with Crippen LogP contribution >= 0.6 is 11.8 Å². The maximum atomic E-state index is 12.2. The number of carbonyl (C=O) groups excluding carboxylic acids is 1. The molecule has 1 aromatic carbocycles. The molecule has 2 aromatic heterocycles. The van der Waals surface area contributed by atoms with Gasteiger partial charge in [-0.25, -0.2) is 4.98 Å². The van der Waals surface area contributed by atoms with Gasteiger partial charge >= 0.3 is 0 Å². The van der Waals surface area contributed by atoms with Crippen molar-refractivity contribution in [2.45, 2.75) is 31.3 Å². The van der Waals surface area contributed by atoms with Gasteiger partial charge in [0.25, 0.3) is 0 Å². The van der Waals surface area contributed by atoms with Crippen LogP contribution in [0, 0.1) is 6.92 Å². The predicted molar refractivity (Wildman–Crippen MR) is 95.1 cm³/mol. The monoisotopic (exact) mass is 341 g/mol. The van der Waals surface area contributed by atoms with Gasteiger partial charge in [0.05, 0.1) is 5.75 Å². The summed E-state index contributed by atoms with van der Waals surface area (Å²) in [6, 6.07) is 6.16. The van der Waals surface area contributed by atoms with Gasteiger partial charge < -0.3 is 9.88 Å². The number of aromatic amines is 1. The van der Waals surface area contributed by atoms with Crippen molar-refractivity contribution in [2.24, 2.45) is 0 Å². The van der Waals surface area contributed by atoms with E-state index >= 15 is 0 Å². The summed E-state index contributed by atoms with van der Waals surface area (Å²) >= 11 is 1.35. The smallest absolute Gasteiger partial charge is 0.233 e. The van der Waals surface area contributed by atoms with Crippen molar-refractivity contribution in [3.8, 4) is 0 Å². The summed E-state index contributed by atoms with van der Waals surface area (Å²) in [5.74, 6) is 0.530. The number of likely N-dealkylation sites (tertiary alicyclic amines) is 1. The molecular weight excluding hydrogens is 322 g/mol. The number of aryl methyl sites for hydroxylation is 1.